The predicted molar refractivity (Wildman–Crippen MR) is 82.1 cm³/mol. The molecule has 0 aliphatic heterocycles. The molecule has 0 saturated carbocycles. The van der Waals surface area contributed by atoms with Crippen LogP contribution in [-0.2, 0) is 6.61 Å². The van der Waals surface area contributed by atoms with Crippen LogP contribution in [0.4, 0.5) is 0 Å². The summed E-state index contributed by atoms with van der Waals surface area (Å²) in [4.78, 5) is 0. The second-order valence-electron chi connectivity index (χ2n) is 4.50. The monoisotopic (exact) mass is 336 g/mol. The zero-order valence-corrected chi connectivity index (χ0v) is 13.1. The van der Waals surface area contributed by atoms with E-state index < -0.39 is 6.10 Å². The molecule has 0 saturated heterocycles. The Morgan fingerprint density at radius 2 is 2.00 bits per heavy atom. The number of aliphatic hydroxyl groups excluding tert-OH is 1. The number of halogens is 1. The maximum atomic E-state index is 9.76. The van der Waals surface area contributed by atoms with Gasteiger partial charge in [-0.1, -0.05) is 34.1 Å². The third-order valence-corrected chi connectivity index (χ3v) is 3.45. The lowest BCUT2D eigenvalue weighted by molar-refractivity contribution is 0.190. The second-order valence-corrected chi connectivity index (χ2v) is 5.41. The van der Waals surface area contributed by atoms with Gasteiger partial charge in [-0.15, -0.1) is 0 Å². The van der Waals surface area contributed by atoms with Crippen LogP contribution in [0.5, 0.6) is 11.5 Å². The normalized spacial score (nSPS) is 12.0. The van der Waals surface area contributed by atoms with Crippen LogP contribution in [0, 0.1) is 0 Å². The summed E-state index contributed by atoms with van der Waals surface area (Å²) in [5.41, 5.74) is 1.79. The second kappa shape index (κ2) is 6.77. The molecule has 2 rings (SSSR count). The van der Waals surface area contributed by atoms with Gasteiger partial charge in [-0.2, -0.15) is 0 Å². The van der Waals surface area contributed by atoms with Gasteiger partial charge in [0.2, 0.25) is 0 Å². The highest BCUT2D eigenvalue weighted by atomic mass is 79.9. The van der Waals surface area contributed by atoms with Gasteiger partial charge in [0.25, 0.3) is 0 Å². The van der Waals surface area contributed by atoms with E-state index in [1.807, 2.05) is 42.5 Å². The zero-order chi connectivity index (χ0) is 14.5. The fourth-order valence-corrected chi connectivity index (χ4v) is 2.24. The van der Waals surface area contributed by atoms with E-state index in [9.17, 15) is 5.11 Å². The summed E-state index contributed by atoms with van der Waals surface area (Å²) >= 11 is 3.41. The molecule has 0 heterocycles. The first kappa shape index (κ1) is 14.9. The Kier molecular flexibility index (Phi) is 5.04. The average molecular weight is 337 g/mol. The van der Waals surface area contributed by atoms with Crippen molar-refractivity contribution < 1.29 is 14.6 Å². The predicted octanol–water partition coefficient (Wildman–Crippen LogP) is 4.09. The summed E-state index contributed by atoms with van der Waals surface area (Å²) in [6.45, 7) is 2.15. The van der Waals surface area contributed by atoms with Crippen LogP contribution in [0.2, 0.25) is 0 Å². The van der Waals surface area contributed by atoms with E-state index in [1.54, 1.807) is 14.0 Å². The Bertz CT molecular complexity index is 582. The average Bonchev–Trinajstić information content (AvgIpc) is 2.45. The Labute approximate surface area is 127 Å². The third kappa shape index (κ3) is 3.74. The Morgan fingerprint density at radius 1 is 1.20 bits per heavy atom. The molecule has 0 spiro atoms. The number of rotatable bonds is 5. The summed E-state index contributed by atoms with van der Waals surface area (Å²) < 4.78 is 11.9. The minimum atomic E-state index is -0.566. The van der Waals surface area contributed by atoms with Crippen LogP contribution in [0.3, 0.4) is 0 Å². The number of benzene rings is 2. The van der Waals surface area contributed by atoms with Gasteiger partial charge in [0.15, 0.2) is 0 Å². The van der Waals surface area contributed by atoms with Gasteiger partial charge in [-0.25, -0.2) is 0 Å². The molecule has 0 aliphatic rings. The first-order chi connectivity index (χ1) is 9.60. The van der Waals surface area contributed by atoms with Crippen molar-refractivity contribution in [1.82, 2.24) is 0 Å². The molecule has 20 heavy (non-hydrogen) atoms. The van der Waals surface area contributed by atoms with Gasteiger partial charge in [-0.3, -0.25) is 0 Å². The fourth-order valence-electron chi connectivity index (χ4n) is 1.90. The highest BCUT2D eigenvalue weighted by Gasteiger charge is 2.10. The number of methoxy groups -OCH3 is 1. The van der Waals surface area contributed by atoms with Crippen LogP contribution >= 0.6 is 15.9 Å². The van der Waals surface area contributed by atoms with Crippen molar-refractivity contribution in [2.45, 2.75) is 19.6 Å². The molecule has 0 aliphatic carbocycles. The molecule has 0 fully saturated rings. The van der Waals surface area contributed by atoms with Gasteiger partial charge in [-0.05, 0) is 36.8 Å². The van der Waals surface area contributed by atoms with Gasteiger partial charge in [0.1, 0.15) is 18.1 Å². The Balaban J connectivity index is 2.15. The minimum absolute atomic E-state index is 0.424. The summed E-state index contributed by atoms with van der Waals surface area (Å²) in [5.74, 6) is 1.48. The number of ether oxygens (including phenoxy) is 2. The van der Waals surface area contributed by atoms with E-state index in [1.165, 1.54) is 0 Å². The zero-order valence-electron chi connectivity index (χ0n) is 11.5. The van der Waals surface area contributed by atoms with E-state index >= 15 is 0 Å². The van der Waals surface area contributed by atoms with Crippen LogP contribution in [-0.4, -0.2) is 12.2 Å². The van der Waals surface area contributed by atoms with Crippen molar-refractivity contribution in [2.75, 3.05) is 7.11 Å². The Morgan fingerprint density at radius 3 is 2.70 bits per heavy atom. The van der Waals surface area contributed by atoms with Gasteiger partial charge in [0.05, 0.1) is 13.2 Å². The summed E-state index contributed by atoms with van der Waals surface area (Å²) in [6, 6.07) is 13.3. The van der Waals surface area contributed by atoms with E-state index in [2.05, 4.69) is 15.9 Å². The van der Waals surface area contributed by atoms with Crippen molar-refractivity contribution in [2.24, 2.45) is 0 Å². The SMILES string of the molecule is COc1cccc(COc2cc(Br)ccc2C(C)O)c1. The van der Waals surface area contributed by atoms with E-state index in [0.29, 0.717) is 12.4 Å². The maximum Gasteiger partial charge on any atom is 0.126 e. The molecular formula is C16H17BrO3. The maximum absolute atomic E-state index is 9.76. The summed E-state index contributed by atoms with van der Waals surface area (Å²) in [6.07, 6.45) is -0.566. The van der Waals surface area contributed by atoms with Crippen molar-refractivity contribution >= 4 is 15.9 Å². The third-order valence-electron chi connectivity index (χ3n) is 2.95. The standard InChI is InChI=1S/C16H17BrO3/c1-11(18)15-7-6-13(17)9-16(15)20-10-12-4-3-5-14(8-12)19-2/h3-9,11,18H,10H2,1-2H3. The van der Waals surface area contributed by atoms with Crippen molar-refractivity contribution in [3.8, 4) is 11.5 Å². The lowest BCUT2D eigenvalue weighted by Gasteiger charge is -2.14. The molecule has 2 aromatic carbocycles. The Hall–Kier alpha value is -1.52. The molecule has 3 nitrogen and oxygen atoms in total. The van der Waals surface area contributed by atoms with Crippen molar-refractivity contribution in [3.63, 3.8) is 0 Å². The molecule has 0 amide bonds. The molecule has 1 unspecified atom stereocenters. The van der Waals surface area contributed by atoms with Crippen LogP contribution in [0.15, 0.2) is 46.9 Å². The van der Waals surface area contributed by atoms with Crippen LogP contribution in [0.1, 0.15) is 24.2 Å². The van der Waals surface area contributed by atoms with Gasteiger partial charge >= 0.3 is 0 Å². The molecule has 4 heteroatoms. The highest BCUT2D eigenvalue weighted by Crippen LogP contribution is 2.29. The first-order valence-corrected chi connectivity index (χ1v) is 7.12. The summed E-state index contributed by atoms with van der Waals surface area (Å²) in [5, 5.41) is 9.76. The first-order valence-electron chi connectivity index (χ1n) is 6.33. The minimum Gasteiger partial charge on any atom is -0.497 e. The van der Waals surface area contributed by atoms with E-state index in [-0.39, 0.29) is 0 Å². The molecule has 0 radical (unpaired) electrons. The molecule has 2 aromatic rings. The van der Waals surface area contributed by atoms with Crippen molar-refractivity contribution in [3.05, 3.63) is 58.1 Å². The summed E-state index contributed by atoms with van der Waals surface area (Å²) in [7, 11) is 1.64. The molecule has 0 aromatic heterocycles. The van der Waals surface area contributed by atoms with Crippen LogP contribution < -0.4 is 9.47 Å². The van der Waals surface area contributed by atoms with Crippen LogP contribution in [0.25, 0.3) is 0 Å². The van der Waals surface area contributed by atoms with Gasteiger partial charge in [0, 0.05) is 10.0 Å². The lowest BCUT2D eigenvalue weighted by Crippen LogP contribution is -2.01. The number of hydrogen-bond donors (Lipinski definition) is 1. The number of hydrogen-bond acceptors (Lipinski definition) is 3. The lowest BCUT2D eigenvalue weighted by atomic mass is 10.1. The molecule has 106 valence electrons. The molecule has 0 bridgehead atoms. The van der Waals surface area contributed by atoms with Gasteiger partial charge < -0.3 is 14.6 Å². The molecular weight excluding hydrogens is 320 g/mol. The quantitative estimate of drug-likeness (QED) is 0.893. The largest absolute Gasteiger partial charge is 0.497 e. The van der Waals surface area contributed by atoms with E-state index in [0.717, 1.165) is 21.3 Å². The molecule has 1 atom stereocenters. The highest BCUT2D eigenvalue weighted by molar-refractivity contribution is 9.10. The smallest absolute Gasteiger partial charge is 0.126 e. The van der Waals surface area contributed by atoms with E-state index in [4.69, 9.17) is 9.47 Å². The number of aliphatic hydroxyl groups is 1. The molecule has 1 N–H and O–H groups in total. The van der Waals surface area contributed by atoms with Crippen molar-refractivity contribution in [1.29, 1.82) is 0 Å². The fraction of sp³-hybridized carbons (Fsp3) is 0.250. The topological polar surface area (TPSA) is 38.7 Å².